The lowest BCUT2D eigenvalue weighted by Crippen LogP contribution is -2.30. The van der Waals surface area contributed by atoms with Gasteiger partial charge in [-0.3, -0.25) is 14.9 Å². The smallest absolute Gasteiger partial charge is 0.339 e. The lowest BCUT2D eigenvalue weighted by Gasteiger charge is -2.14. The Labute approximate surface area is 155 Å². The molecule has 2 N–H and O–H groups in total. The predicted molar refractivity (Wildman–Crippen MR) is 99.7 cm³/mol. The molecule has 2 aromatic carbocycles. The zero-order valence-electron chi connectivity index (χ0n) is 14.7. The topological polar surface area (TPSA) is 111 Å². The molecular weight excluding hydrogens is 350 g/mol. The molecule has 0 aromatic heterocycles. The number of rotatable bonds is 7. The number of benzene rings is 2. The van der Waals surface area contributed by atoms with Crippen molar-refractivity contribution in [3.63, 3.8) is 0 Å². The molecule has 1 unspecified atom stereocenters. The largest absolute Gasteiger partial charge is 0.449 e. The van der Waals surface area contributed by atoms with Crippen LogP contribution in [-0.4, -0.2) is 28.9 Å². The molecule has 140 valence electrons. The summed E-state index contributed by atoms with van der Waals surface area (Å²) >= 11 is 0. The molecule has 1 aliphatic rings. The molecule has 1 amide bonds. The van der Waals surface area contributed by atoms with E-state index >= 15 is 0 Å². The molecule has 1 aliphatic carbocycles. The minimum absolute atomic E-state index is 0.0161. The lowest BCUT2D eigenvalue weighted by molar-refractivity contribution is -0.384. The van der Waals surface area contributed by atoms with Crippen LogP contribution in [-0.2, 0) is 9.53 Å². The number of ether oxygens (including phenoxy) is 1. The van der Waals surface area contributed by atoms with Gasteiger partial charge in [0, 0.05) is 17.8 Å². The molecule has 8 nitrogen and oxygen atoms in total. The van der Waals surface area contributed by atoms with Crippen molar-refractivity contribution in [3.8, 4) is 0 Å². The average Bonchev–Trinajstić information content (AvgIpc) is 3.46. The fraction of sp³-hybridized carbons (Fsp3) is 0.263. The van der Waals surface area contributed by atoms with Crippen LogP contribution >= 0.6 is 0 Å². The van der Waals surface area contributed by atoms with E-state index in [2.05, 4.69) is 10.6 Å². The summed E-state index contributed by atoms with van der Waals surface area (Å²) in [4.78, 5) is 35.2. The summed E-state index contributed by atoms with van der Waals surface area (Å²) in [5.41, 5.74) is 0.769. The van der Waals surface area contributed by atoms with Crippen LogP contribution in [0.1, 0.15) is 30.1 Å². The number of para-hydroxylation sites is 1. The summed E-state index contributed by atoms with van der Waals surface area (Å²) in [7, 11) is 0. The fourth-order valence-corrected chi connectivity index (χ4v) is 2.43. The normalized spacial score (nSPS) is 14.1. The number of nitrogens with zero attached hydrogens (tertiary/aromatic N) is 1. The van der Waals surface area contributed by atoms with Gasteiger partial charge in [0.05, 0.1) is 10.5 Å². The van der Waals surface area contributed by atoms with Crippen LogP contribution in [0.5, 0.6) is 0 Å². The minimum atomic E-state index is -1.05. The first-order valence-corrected chi connectivity index (χ1v) is 8.56. The van der Waals surface area contributed by atoms with E-state index in [-0.39, 0.29) is 17.3 Å². The van der Waals surface area contributed by atoms with Gasteiger partial charge < -0.3 is 15.4 Å². The summed E-state index contributed by atoms with van der Waals surface area (Å²) in [5.74, 6) is -1.29. The van der Waals surface area contributed by atoms with Gasteiger partial charge in [0.2, 0.25) is 0 Å². The molecule has 0 heterocycles. The molecule has 1 atom stereocenters. The molecule has 2 aromatic rings. The zero-order valence-corrected chi connectivity index (χ0v) is 14.7. The molecule has 0 bridgehead atoms. The third-order valence-corrected chi connectivity index (χ3v) is 4.06. The maximum atomic E-state index is 12.3. The number of anilines is 2. The molecule has 0 radical (unpaired) electrons. The van der Waals surface area contributed by atoms with Crippen LogP contribution < -0.4 is 10.6 Å². The fourth-order valence-electron chi connectivity index (χ4n) is 2.43. The van der Waals surface area contributed by atoms with Crippen molar-refractivity contribution in [1.29, 1.82) is 0 Å². The van der Waals surface area contributed by atoms with Crippen LogP contribution in [0.2, 0.25) is 0 Å². The van der Waals surface area contributed by atoms with Gasteiger partial charge in [-0.25, -0.2) is 4.79 Å². The molecule has 3 rings (SSSR count). The van der Waals surface area contributed by atoms with Gasteiger partial charge in [-0.15, -0.1) is 0 Å². The molecule has 8 heteroatoms. The van der Waals surface area contributed by atoms with Gasteiger partial charge in [0.1, 0.15) is 5.69 Å². The summed E-state index contributed by atoms with van der Waals surface area (Å²) in [5, 5.41) is 17.0. The summed E-state index contributed by atoms with van der Waals surface area (Å²) in [6.45, 7) is 1.44. The van der Waals surface area contributed by atoms with E-state index in [0.29, 0.717) is 11.4 Å². The highest BCUT2D eigenvalue weighted by Crippen LogP contribution is 2.31. The maximum Gasteiger partial charge on any atom is 0.339 e. The minimum Gasteiger partial charge on any atom is -0.449 e. The van der Waals surface area contributed by atoms with Crippen LogP contribution in [0, 0.1) is 10.1 Å². The van der Waals surface area contributed by atoms with E-state index in [1.807, 2.05) is 6.07 Å². The van der Waals surface area contributed by atoms with Crippen LogP contribution in [0.25, 0.3) is 0 Å². The van der Waals surface area contributed by atoms with Gasteiger partial charge in [0.25, 0.3) is 11.6 Å². The highest BCUT2D eigenvalue weighted by Gasteiger charge is 2.26. The molecular formula is C19H19N3O5. The standard InChI is InChI=1S/C19H19N3O5/c1-12(18(23)21-14-5-3-2-4-6-14)27-19(24)13-7-10-16(20-15-8-9-15)17(11-13)22(25)26/h2-7,10-12,15,20H,8-9H2,1H3,(H,21,23). The Morgan fingerprint density at radius 3 is 2.52 bits per heavy atom. The summed E-state index contributed by atoms with van der Waals surface area (Å²) < 4.78 is 5.14. The van der Waals surface area contributed by atoms with Crippen LogP contribution in [0.15, 0.2) is 48.5 Å². The number of nitrogens with one attached hydrogen (secondary N) is 2. The summed E-state index contributed by atoms with van der Waals surface area (Å²) in [6, 6.07) is 13.1. The Balaban J connectivity index is 1.66. The van der Waals surface area contributed by atoms with Crippen LogP contribution in [0.3, 0.4) is 0 Å². The zero-order chi connectivity index (χ0) is 19.4. The van der Waals surface area contributed by atoms with Gasteiger partial charge in [0.15, 0.2) is 6.10 Å². The first-order chi connectivity index (χ1) is 12.9. The van der Waals surface area contributed by atoms with E-state index in [9.17, 15) is 19.7 Å². The van der Waals surface area contributed by atoms with E-state index in [0.717, 1.165) is 18.9 Å². The van der Waals surface area contributed by atoms with Crippen molar-refractivity contribution in [2.75, 3.05) is 10.6 Å². The Morgan fingerprint density at radius 2 is 1.89 bits per heavy atom. The monoisotopic (exact) mass is 369 g/mol. The Morgan fingerprint density at radius 1 is 1.19 bits per heavy atom. The lowest BCUT2D eigenvalue weighted by atomic mass is 10.1. The van der Waals surface area contributed by atoms with Gasteiger partial charge in [-0.2, -0.15) is 0 Å². The van der Waals surface area contributed by atoms with E-state index in [4.69, 9.17) is 4.74 Å². The van der Waals surface area contributed by atoms with Crippen molar-refractivity contribution in [2.24, 2.45) is 0 Å². The Bertz CT molecular complexity index is 865. The first kappa shape index (κ1) is 18.4. The van der Waals surface area contributed by atoms with E-state index in [1.54, 1.807) is 24.3 Å². The number of hydrogen-bond acceptors (Lipinski definition) is 6. The number of amides is 1. The van der Waals surface area contributed by atoms with Gasteiger partial charge >= 0.3 is 5.97 Å². The molecule has 1 fully saturated rings. The number of nitro groups is 1. The van der Waals surface area contributed by atoms with Crippen molar-refractivity contribution >= 4 is 28.9 Å². The number of esters is 1. The summed E-state index contributed by atoms with van der Waals surface area (Å²) in [6.07, 6.45) is 0.880. The highest BCUT2D eigenvalue weighted by atomic mass is 16.6. The molecule has 0 spiro atoms. The molecule has 1 saturated carbocycles. The third kappa shape index (κ3) is 4.81. The first-order valence-electron chi connectivity index (χ1n) is 8.56. The third-order valence-electron chi connectivity index (χ3n) is 4.06. The second-order valence-corrected chi connectivity index (χ2v) is 6.31. The molecule has 0 saturated heterocycles. The number of hydrogen-bond donors (Lipinski definition) is 2. The van der Waals surface area contributed by atoms with Gasteiger partial charge in [-0.1, -0.05) is 18.2 Å². The van der Waals surface area contributed by atoms with E-state index < -0.39 is 22.9 Å². The van der Waals surface area contributed by atoms with Gasteiger partial charge in [-0.05, 0) is 44.0 Å². The second kappa shape index (κ2) is 7.86. The number of nitro benzene ring substituents is 1. The van der Waals surface area contributed by atoms with Crippen LogP contribution in [0.4, 0.5) is 17.1 Å². The van der Waals surface area contributed by atoms with E-state index in [1.165, 1.54) is 19.1 Å². The Kier molecular flexibility index (Phi) is 5.35. The van der Waals surface area contributed by atoms with Crippen molar-refractivity contribution < 1.29 is 19.2 Å². The molecule has 0 aliphatic heterocycles. The molecule has 27 heavy (non-hydrogen) atoms. The second-order valence-electron chi connectivity index (χ2n) is 6.31. The maximum absolute atomic E-state index is 12.3. The van der Waals surface area contributed by atoms with Crippen molar-refractivity contribution in [2.45, 2.75) is 31.9 Å². The van der Waals surface area contributed by atoms with Crippen molar-refractivity contribution in [1.82, 2.24) is 0 Å². The highest BCUT2D eigenvalue weighted by molar-refractivity contribution is 5.97. The SMILES string of the molecule is CC(OC(=O)c1ccc(NC2CC2)c([N+](=O)[O-])c1)C(=O)Nc1ccccc1. The Hall–Kier alpha value is -3.42. The number of carbonyl (C=O) groups is 2. The van der Waals surface area contributed by atoms with Crippen molar-refractivity contribution in [3.05, 3.63) is 64.2 Å². The predicted octanol–water partition coefficient (Wildman–Crippen LogP) is 3.35. The average molecular weight is 369 g/mol. The number of carbonyl (C=O) groups excluding carboxylic acids is 2. The quantitative estimate of drug-likeness (QED) is 0.440.